The lowest BCUT2D eigenvalue weighted by molar-refractivity contribution is 0.595. The van der Waals surface area contributed by atoms with Crippen molar-refractivity contribution in [3.05, 3.63) is 52.5 Å². The molecule has 0 aromatic heterocycles. The average Bonchev–Trinajstić information content (AvgIpc) is 2.36. The van der Waals surface area contributed by atoms with Crippen LogP contribution in [0.5, 0.6) is 0 Å². The SMILES string of the molecule is NS(=O)(=O)c1ccc(S(=O)(=O)Nc2cc(Cl)cc(Cl)c2)cc1. The van der Waals surface area contributed by atoms with Crippen molar-refractivity contribution >= 4 is 48.9 Å². The maximum Gasteiger partial charge on any atom is 0.261 e. The summed E-state index contributed by atoms with van der Waals surface area (Å²) in [5.41, 5.74) is 0.188. The molecule has 2 aromatic carbocycles. The second-order valence-electron chi connectivity index (χ2n) is 4.28. The van der Waals surface area contributed by atoms with Crippen molar-refractivity contribution in [3.63, 3.8) is 0 Å². The van der Waals surface area contributed by atoms with E-state index in [1.807, 2.05) is 0 Å². The van der Waals surface area contributed by atoms with Gasteiger partial charge in [-0.3, -0.25) is 4.72 Å². The highest BCUT2D eigenvalue weighted by atomic mass is 35.5. The van der Waals surface area contributed by atoms with Gasteiger partial charge in [-0.2, -0.15) is 0 Å². The fraction of sp³-hybridized carbons (Fsp3) is 0. The van der Waals surface area contributed by atoms with Crippen LogP contribution in [0.3, 0.4) is 0 Å². The smallest absolute Gasteiger partial charge is 0.261 e. The van der Waals surface area contributed by atoms with Crippen LogP contribution >= 0.6 is 23.2 Å². The summed E-state index contributed by atoms with van der Waals surface area (Å²) >= 11 is 11.6. The van der Waals surface area contributed by atoms with Crippen LogP contribution in [-0.2, 0) is 20.0 Å². The molecule has 0 saturated heterocycles. The van der Waals surface area contributed by atoms with E-state index >= 15 is 0 Å². The molecule has 0 aliphatic rings. The minimum Gasteiger partial charge on any atom is -0.280 e. The molecule has 0 saturated carbocycles. The summed E-state index contributed by atoms with van der Waals surface area (Å²) in [6, 6.07) is 8.72. The van der Waals surface area contributed by atoms with Crippen LogP contribution in [0, 0.1) is 0 Å². The largest absolute Gasteiger partial charge is 0.280 e. The molecule has 0 fully saturated rings. The lowest BCUT2D eigenvalue weighted by atomic mass is 10.3. The van der Waals surface area contributed by atoms with E-state index in [-0.39, 0.29) is 25.5 Å². The van der Waals surface area contributed by atoms with E-state index in [2.05, 4.69) is 4.72 Å². The maximum atomic E-state index is 12.2. The average molecular weight is 381 g/mol. The molecule has 0 aliphatic heterocycles. The van der Waals surface area contributed by atoms with Crippen LogP contribution in [0.1, 0.15) is 0 Å². The minimum atomic E-state index is -3.91. The van der Waals surface area contributed by atoms with Gasteiger partial charge in [0, 0.05) is 10.0 Å². The van der Waals surface area contributed by atoms with Crippen molar-refractivity contribution in [1.29, 1.82) is 0 Å². The number of primary sulfonamides is 1. The van der Waals surface area contributed by atoms with Crippen molar-refractivity contribution in [2.75, 3.05) is 4.72 Å². The number of nitrogens with two attached hydrogens (primary N) is 1. The lowest BCUT2D eigenvalue weighted by Gasteiger charge is -2.09. The molecule has 0 bridgehead atoms. The van der Waals surface area contributed by atoms with E-state index in [4.69, 9.17) is 28.3 Å². The Balaban J connectivity index is 2.34. The summed E-state index contributed by atoms with van der Waals surface area (Å²) in [4.78, 5) is -0.312. The highest BCUT2D eigenvalue weighted by Gasteiger charge is 2.16. The lowest BCUT2D eigenvalue weighted by Crippen LogP contribution is -2.15. The van der Waals surface area contributed by atoms with E-state index in [0.717, 1.165) is 24.3 Å². The summed E-state index contributed by atoms with van der Waals surface area (Å²) in [5, 5.41) is 5.50. The first kappa shape index (κ1) is 17.0. The second kappa shape index (κ2) is 6.05. The first-order chi connectivity index (χ1) is 10.1. The zero-order chi connectivity index (χ0) is 16.5. The molecule has 2 rings (SSSR count). The summed E-state index contributed by atoms with van der Waals surface area (Å²) in [7, 11) is -7.80. The van der Waals surface area contributed by atoms with Gasteiger partial charge < -0.3 is 0 Å². The summed E-state index contributed by atoms with van der Waals surface area (Å²) in [5.74, 6) is 0. The fourth-order valence-electron chi connectivity index (χ4n) is 1.64. The van der Waals surface area contributed by atoms with Crippen LogP contribution in [0.25, 0.3) is 0 Å². The summed E-state index contributed by atoms with van der Waals surface area (Å²) < 4.78 is 49.0. The van der Waals surface area contributed by atoms with Crippen molar-refractivity contribution in [1.82, 2.24) is 0 Å². The van der Waals surface area contributed by atoms with Gasteiger partial charge in [0.15, 0.2) is 0 Å². The maximum absolute atomic E-state index is 12.2. The van der Waals surface area contributed by atoms with Gasteiger partial charge in [0.2, 0.25) is 10.0 Å². The third kappa shape index (κ3) is 4.11. The number of nitrogens with one attached hydrogen (secondary N) is 1. The van der Waals surface area contributed by atoms with Crippen molar-refractivity contribution in [3.8, 4) is 0 Å². The molecule has 0 aliphatic carbocycles. The second-order valence-corrected chi connectivity index (χ2v) is 8.40. The molecule has 0 radical (unpaired) electrons. The van der Waals surface area contributed by atoms with Gasteiger partial charge >= 0.3 is 0 Å². The normalized spacial score (nSPS) is 12.1. The van der Waals surface area contributed by atoms with E-state index in [1.165, 1.54) is 18.2 Å². The molecular formula is C12H10Cl2N2O4S2. The third-order valence-corrected chi connectivity index (χ3v) is 5.34. The minimum absolute atomic E-state index is 0.129. The molecule has 22 heavy (non-hydrogen) atoms. The predicted molar refractivity (Wildman–Crippen MR) is 85.1 cm³/mol. The molecule has 0 amide bonds. The Morgan fingerprint density at radius 3 is 1.73 bits per heavy atom. The van der Waals surface area contributed by atoms with Crippen LogP contribution in [0.2, 0.25) is 10.0 Å². The number of hydrogen-bond acceptors (Lipinski definition) is 4. The van der Waals surface area contributed by atoms with Gasteiger partial charge in [-0.1, -0.05) is 23.2 Å². The molecule has 118 valence electrons. The Kier molecular flexibility index (Phi) is 4.69. The number of benzene rings is 2. The Labute approximate surface area is 138 Å². The van der Waals surface area contributed by atoms with Gasteiger partial charge in [0.25, 0.3) is 10.0 Å². The summed E-state index contributed by atoms with van der Waals surface area (Å²) in [6.07, 6.45) is 0. The predicted octanol–water partition coefficient (Wildman–Crippen LogP) is 2.44. The Morgan fingerprint density at radius 1 is 0.818 bits per heavy atom. The van der Waals surface area contributed by atoms with Gasteiger partial charge in [0.1, 0.15) is 0 Å². The van der Waals surface area contributed by atoms with Crippen LogP contribution in [0.4, 0.5) is 5.69 Å². The number of rotatable bonds is 4. The Hall–Kier alpha value is -1.32. The molecule has 0 atom stereocenters. The van der Waals surface area contributed by atoms with Crippen molar-refractivity contribution < 1.29 is 16.8 Å². The quantitative estimate of drug-likeness (QED) is 0.848. The molecule has 0 heterocycles. The number of halogens is 2. The zero-order valence-corrected chi connectivity index (χ0v) is 14.0. The molecule has 0 unspecified atom stereocenters. The molecule has 3 N–H and O–H groups in total. The van der Waals surface area contributed by atoms with Gasteiger partial charge in [-0.05, 0) is 42.5 Å². The van der Waals surface area contributed by atoms with Crippen LogP contribution in [0.15, 0.2) is 52.3 Å². The van der Waals surface area contributed by atoms with E-state index < -0.39 is 20.0 Å². The van der Waals surface area contributed by atoms with E-state index in [9.17, 15) is 16.8 Å². The molecular weight excluding hydrogens is 371 g/mol. The summed E-state index contributed by atoms with van der Waals surface area (Å²) in [6.45, 7) is 0. The number of anilines is 1. The first-order valence-corrected chi connectivity index (χ1v) is 9.48. The first-order valence-electron chi connectivity index (χ1n) is 5.70. The monoisotopic (exact) mass is 380 g/mol. The fourth-order valence-corrected chi connectivity index (χ4v) is 3.72. The standard InChI is InChI=1S/C12H10Cl2N2O4S2/c13-8-5-9(14)7-10(6-8)16-22(19,20)12-3-1-11(2-4-12)21(15,17)18/h1-7,16H,(H2,15,17,18). The Morgan fingerprint density at radius 2 is 1.27 bits per heavy atom. The molecule has 10 heteroatoms. The third-order valence-electron chi connectivity index (χ3n) is 2.58. The van der Waals surface area contributed by atoms with Crippen molar-refractivity contribution in [2.45, 2.75) is 9.79 Å². The van der Waals surface area contributed by atoms with Crippen LogP contribution in [-0.4, -0.2) is 16.8 Å². The van der Waals surface area contributed by atoms with Crippen molar-refractivity contribution in [2.24, 2.45) is 5.14 Å². The Bertz CT molecular complexity index is 890. The van der Waals surface area contributed by atoms with Crippen LogP contribution < -0.4 is 9.86 Å². The highest BCUT2D eigenvalue weighted by Crippen LogP contribution is 2.25. The van der Waals surface area contributed by atoms with Gasteiger partial charge in [0.05, 0.1) is 15.5 Å². The van der Waals surface area contributed by atoms with Gasteiger partial charge in [-0.15, -0.1) is 0 Å². The molecule has 0 spiro atoms. The molecule has 6 nitrogen and oxygen atoms in total. The van der Waals surface area contributed by atoms with E-state index in [1.54, 1.807) is 0 Å². The highest BCUT2D eigenvalue weighted by molar-refractivity contribution is 7.92. The van der Waals surface area contributed by atoms with Gasteiger partial charge in [-0.25, -0.2) is 22.0 Å². The number of sulfonamides is 2. The zero-order valence-electron chi connectivity index (χ0n) is 10.8. The van der Waals surface area contributed by atoms with E-state index in [0.29, 0.717) is 0 Å². The number of hydrogen-bond donors (Lipinski definition) is 2. The molecule has 2 aromatic rings. The topological polar surface area (TPSA) is 106 Å².